The van der Waals surface area contributed by atoms with E-state index in [-0.39, 0.29) is 18.2 Å². The molecule has 1 amide bonds. The molecule has 2 unspecified atom stereocenters. The summed E-state index contributed by atoms with van der Waals surface area (Å²) in [6, 6.07) is 1.40. The molecule has 4 heterocycles. The highest BCUT2D eigenvalue weighted by Gasteiger charge is 2.50. The van der Waals surface area contributed by atoms with Gasteiger partial charge in [-0.1, -0.05) is 0 Å². The van der Waals surface area contributed by atoms with Crippen molar-refractivity contribution >= 4 is 11.7 Å². The summed E-state index contributed by atoms with van der Waals surface area (Å²) in [7, 11) is 0. The maximum atomic E-state index is 12.7. The normalized spacial score (nSPS) is 28.4. The minimum absolute atomic E-state index is 0.243. The summed E-state index contributed by atoms with van der Waals surface area (Å²) in [4.78, 5) is 18.9. The van der Waals surface area contributed by atoms with Gasteiger partial charge in [0.15, 0.2) is 5.65 Å². The van der Waals surface area contributed by atoms with Gasteiger partial charge in [0.2, 0.25) is 0 Å². The molecule has 146 valence electrons. The average molecular weight is 374 g/mol. The molecule has 0 aromatic carbocycles. The molecule has 2 aromatic heterocycles. The van der Waals surface area contributed by atoms with Crippen LogP contribution in [0.15, 0.2) is 18.5 Å². The summed E-state index contributed by atoms with van der Waals surface area (Å²) in [5.74, 6) is 0. The summed E-state index contributed by atoms with van der Waals surface area (Å²) in [6.45, 7) is 8.23. The fraction of sp³-hybridized carbons (Fsp3) is 0.632. The zero-order chi connectivity index (χ0) is 19.4. The Labute approximate surface area is 158 Å². The molecule has 2 aliphatic heterocycles. The first kappa shape index (κ1) is 18.2. The van der Waals surface area contributed by atoms with Crippen molar-refractivity contribution in [2.75, 3.05) is 13.2 Å². The van der Waals surface area contributed by atoms with Crippen LogP contribution >= 0.6 is 0 Å². The van der Waals surface area contributed by atoms with E-state index >= 15 is 0 Å². The van der Waals surface area contributed by atoms with Gasteiger partial charge in [0.05, 0.1) is 36.6 Å². The van der Waals surface area contributed by atoms with E-state index in [2.05, 4.69) is 10.1 Å². The Morgan fingerprint density at radius 3 is 2.63 bits per heavy atom. The van der Waals surface area contributed by atoms with Crippen LogP contribution in [0.5, 0.6) is 0 Å². The number of rotatable bonds is 1. The molecule has 2 aromatic rings. The van der Waals surface area contributed by atoms with Gasteiger partial charge in [-0.3, -0.25) is 4.90 Å². The number of piperidine rings is 1. The highest BCUT2D eigenvalue weighted by atomic mass is 16.6. The van der Waals surface area contributed by atoms with Crippen LogP contribution in [0.25, 0.3) is 5.65 Å². The van der Waals surface area contributed by atoms with Crippen LogP contribution in [0.2, 0.25) is 0 Å². The molecule has 0 radical (unpaired) electrons. The topological polar surface area (TPSA) is 89.2 Å². The molecule has 4 rings (SSSR count). The van der Waals surface area contributed by atoms with Crippen molar-refractivity contribution in [1.29, 1.82) is 0 Å². The second kappa shape index (κ2) is 6.17. The van der Waals surface area contributed by atoms with Crippen LogP contribution in [0.1, 0.15) is 44.9 Å². The van der Waals surface area contributed by atoms with Gasteiger partial charge < -0.3 is 14.6 Å². The van der Waals surface area contributed by atoms with Crippen LogP contribution in [-0.2, 0) is 15.1 Å². The summed E-state index contributed by atoms with van der Waals surface area (Å²) >= 11 is 0. The Bertz CT molecular complexity index is 858. The van der Waals surface area contributed by atoms with Gasteiger partial charge in [-0.2, -0.15) is 5.10 Å². The molecule has 2 fully saturated rings. The van der Waals surface area contributed by atoms with E-state index in [4.69, 9.17) is 9.47 Å². The number of amides is 1. The third-order valence-electron chi connectivity index (χ3n) is 5.13. The second-order valence-corrected chi connectivity index (χ2v) is 8.60. The molecule has 0 saturated carbocycles. The van der Waals surface area contributed by atoms with Gasteiger partial charge in [-0.05, 0) is 27.7 Å². The highest BCUT2D eigenvalue weighted by molar-refractivity contribution is 5.69. The standard InChI is InChI=1S/C19H26N4O4/c1-12-5-16-20-8-13(9-22(16)21-12)19(25)6-14-10-26-11-15(7-19)23(14)17(24)27-18(2,3)4/h5,8-9,14-15,25H,6-7,10-11H2,1-4H3. The number of hydrogen-bond donors (Lipinski definition) is 1. The first-order valence-electron chi connectivity index (χ1n) is 9.29. The number of hydrogen-bond acceptors (Lipinski definition) is 6. The van der Waals surface area contributed by atoms with E-state index < -0.39 is 11.2 Å². The third kappa shape index (κ3) is 3.39. The Morgan fingerprint density at radius 2 is 2.00 bits per heavy atom. The van der Waals surface area contributed by atoms with E-state index in [1.807, 2.05) is 40.0 Å². The highest BCUT2D eigenvalue weighted by Crippen LogP contribution is 2.41. The van der Waals surface area contributed by atoms with Crippen molar-refractivity contribution in [2.45, 2.75) is 63.8 Å². The van der Waals surface area contributed by atoms with Gasteiger partial charge in [-0.15, -0.1) is 0 Å². The van der Waals surface area contributed by atoms with Crippen LogP contribution in [-0.4, -0.2) is 61.6 Å². The largest absolute Gasteiger partial charge is 0.444 e. The smallest absolute Gasteiger partial charge is 0.410 e. The number of aromatic nitrogens is 3. The predicted molar refractivity (Wildman–Crippen MR) is 97.3 cm³/mol. The number of aryl methyl sites for hydroxylation is 1. The molecule has 2 aliphatic rings. The lowest BCUT2D eigenvalue weighted by Crippen LogP contribution is -2.63. The van der Waals surface area contributed by atoms with Gasteiger partial charge in [0.25, 0.3) is 0 Å². The molecule has 0 spiro atoms. The van der Waals surface area contributed by atoms with Crippen molar-refractivity contribution in [3.8, 4) is 0 Å². The number of nitrogens with zero attached hydrogens (tertiary/aromatic N) is 4. The summed E-state index contributed by atoms with van der Waals surface area (Å²) in [5.41, 5.74) is 0.677. The van der Waals surface area contributed by atoms with Crippen LogP contribution < -0.4 is 0 Å². The van der Waals surface area contributed by atoms with Crippen molar-refractivity contribution < 1.29 is 19.4 Å². The monoisotopic (exact) mass is 374 g/mol. The number of morpholine rings is 1. The molecule has 2 atom stereocenters. The molecule has 1 N–H and O–H groups in total. The molecule has 2 saturated heterocycles. The van der Waals surface area contributed by atoms with E-state index in [0.29, 0.717) is 31.6 Å². The van der Waals surface area contributed by atoms with Gasteiger partial charge in [-0.25, -0.2) is 14.3 Å². The Morgan fingerprint density at radius 1 is 1.33 bits per heavy atom. The molecule has 8 nitrogen and oxygen atoms in total. The Balaban J connectivity index is 1.62. The Kier molecular flexibility index (Phi) is 4.16. The first-order chi connectivity index (χ1) is 12.6. The van der Waals surface area contributed by atoms with Crippen molar-refractivity contribution in [3.63, 3.8) is 0 Å². The molecule has 27 heavy (non-hydrogen) atoms. The average Bonchev–Trinajstić information content (AvgIpc) is 2.91. The van der Waals surface area contributed by atoms with E-state index in [1.54, 1.807) is 15.6 Å². The molecule has 8 heteroatoms. The Hall–Kier alpha value is -2.19. The second-order valence-electron chi connectivity index (χ2n) is 8.60. The minimum atomic E-state index is -1.08. The van der Waals surface area contributed by atoms with Crippen molar-refractivity contribution in [1.82, 2.24) is 19.5 Å². The summed E-state index contributed by atoms with van der Waals surface area (Å²) in [5, 5.41) is 15.8. The molecular weight excluding hydrogens is 348 g/mol. The number of carbonyl (C=O) groups excluding carboxylic acids is 1. The lowest BCUT2D eigenvalue weighted by atomic mass is 9.78. The maximum absolute atomic E-state index is 12.7. The minimum Gasteiger partial charge on any atom is -0.444 e. The first-order valence-corrected chi connectivity index (χ1v) is 9.29. The predicted octanol–water partition coefficient (Wildman–Crippen LogP) is 2.02. The van der Waals surface area contributed by atoms with Gasteiger partial charge in [0, 0.05) is 36.9 Å². The molecule has 2 bridgehead atoms. The summed E-state index contributed by atoms with van der Waals surface area (Å²) < 4.78 is 12.9. The number of carbonyl (C=O) groups is 1. The molecular formula is C19H26N4O4. The van der Waals surface area contributed by atoms with Crippen LogP contribution in [0.4, 0.5) is 4.79 Å². The van der Waals surface area contributed by atoms with E-state index in [9.17, 15) is 9.90 Å². The van der Waals surface area contributed by atoms with Crippen molar-refractivity contribution in [3.05, 3.63) is 29.7 Å². The SMILES string of the molecule is Cc1cc2ncc(C3(O)CC4COCC(C3)N4C(=O)OC(C)(C)C)cn2n1. The quantitative estimate of drug-likeness (QED) is 0.821. The van der Waals surface area contributed by atoms with Crippen molar-refractivity contribution in [2.24, 2.45) is 0 Å². The van der Waals surface area contributed by atoms with E-state index in [0.717, 1.165) is 11.3 Å². The number of ether oxygens (including phenoxy) is 2. The lowest BCUT2D eigenvalue weighted by molar-refractivity contribution is -0.141. The van der Waals surface area contributed by atoms with Gasteiger partial charge >= 0.3 is 6.09 Å². The maximum Gasteiger partial charge on any atom is 0.410 e. The van der Waals surface area contributed by atoms with E-state index in [1.165, 1.54) is 0 Å². The summed E-state index contributed by atoms with van der Waals surface area (Å²) in [6.07, 6.45) is 3.93. The lowest BCUT2D eigenvalue weighted by Gasteiger charge is -2.51. The number of aliphatic hydroxyl groups is 1. The fourth-order valence-corrected chi connectivity index (χ4v) is 4.06. The molecule has 0 aliphatic carbocycles. The van der Waals surface area contributed by atoms with Gasteiger partial charge in [0.1, 0.15) is 5.60 Å². The third-order valence-corrected chi connectivity index (χ3v) is 5.13. The zero-order valence-electron chi connectivity index (χ0n) is 16.2. The van der Waals surface area contributed by atoms with Crippen LogP contribution in [0, 0.1) is 6.92 Å². The van der Waals surface area contributed by atoms with Crippen LogP contribution in [0.3, 0.4) is 0 Å². The zero-order valence-corrected chi connectivity index (χ0v) is 16.2. The fourth-order valence-electron chi connectivity index (χ4n) is 4.06. The number of fused-ring (bicyclic) bond motifs is 3.